The first-order valence-corrected chi connectivity index (χ1v) is 9.80. The van der Waals surface area contributed by atoms with Gasteiger partial charge in [0.25, 0.3) is 5.91 Å². The van der Waals surface area contributed by atoms with Gasteiger partial charge in [-0.05, 0) is 30.7 Å². The average Bonchev–Trinajstić information content (AvgIpc) is 3.14. The highest BCUT2D eigenvalue weighted by Gasteiger charge is 2.35. The van der Waals surface area contributed by atoms with E-state index in [4.69, 9.17) is 0 Å². The number of nitrogens with one attached hydrogen (secondary N) is 4. The molecule has 0 aliphatic carbocycles. The van der Waals surface area contributed by atoms with Crippen molar-refractivity contribution >= 4 is 40.8 Å². The number of carbonyl (C=O) groups is 2. The van der Waals surface area contributed by atoms with Crippen molar-refractivity contribution in [2.24, 2.45) is 7.05 Å². The van der Waals surface area contributed by atoms with Crippen LogP contribution in [-0.4, -0.2) is 38.6 Å². The van der Waals surface area contributed by atoms with Gasteiger partial charge in [-0.3, -0.25) is 14.3 Å². The molecule has 0 unspecified atom stereocenters. The van der Waals surface area contributed by atoms with Gasteiger partial charge in [0.15, 0.2) is 5.69 Å². The average molecular weight is 474 g/mol. The molecule has 2 amide bonds. The zero-order valence-corrected chi connectivity index (χ0v) is 18.4. The number of halogens is 3. The maximum Gasteiger partial charge on any atom is 0.421 e. The lowest BCUT2D eigenvalue weighted by Crippen LogP contribution is -2.18. The molecule has 0 spiro atoms. The number of aryl methyl sites for hydroxylation is 2. The zero-order valence-electron chi connectivity index (χ0n) is 18.4. The summed E-state index contributed by atoms with van der Waals surface area (Å²) in [7, 11) is 2.98. The lowest BCUT2D eigenvalue weighted by Gasteiger charge is -2.17. The van der Waals surface area contributed by atoms with Crippen LogP contribution in [0.15, 0.2) is 43.1 Å². The number of benzene rings is 1. The lowest BCUT2D eigenvalue weighted by atomic mass is 10.1. The third-order valence-electron chi connectivity index (χ3n) is 4.54. The second-order valence-electron chi connectivity index (χ2n) is 7.06. The molecule has 13 heteroatoms. The zero-order chi connectivity index (χ0) is 25.0. The SMILES string of the molecule is C=CC(=O)Nc1cc(C)ccc1Nc1nc(Nc2cc(C(=O)NC)nn2C)ncc1C(F)(F)F. The van der Waals surface area contributed by atoms with Crippen molar-refractivity contribution < 1.29 is 22.8 Å². The molecule has 0 aliphatic heterocycles. The minimum atomic E-state index is -4.75. The van der Waals surface area contributed by atoms with E-state index in [9.17, 15) is 22.8 Å². The molecule has 4 N–H and O–H groups in total. The quantitative estimate of drug-likeness (QED) is 0.386. The molecule has 10 nitrogen and oxygen atoms in total. The molecule has 0 bridgehead atoms. The van der Waals surface area contributed by atoms with Crippen LogP contribution in [0.25, 0.3) is 0 Å². The van der Waals surface area contributed by atoms with Crippen LogP contribution >= 0.6 is 0 Å². The number of carbonyl (C=O) groups excluding carboxylic acids is 2. The molecule has 2 heterocycles. The Morgan fingerprint density at radius 3 is 2.53 bits per heavy atom. The summed E-state index contributed by atoms with van der Waals surface area (Å²) in [5.74, 6) is -1.41. The monoisotopic (exact) mass is 474 g/mol. The first kappa shape index (κ1) is 24.2. The summed E-state index contributed by atoms with van der Waals surface area (Å²) in [6.45, 7) is 5.14. The third kappa shape index (κ3) is 5.49. The minimum Gasteiger partial charge on any atom is -0.354 e. The summed E-state index contributed by atoms with van der Waals surface area (Å²) < 4.78 is 42.3. The van der Waals surface area contributed by atoms with E-state index in [1.807, 2.05) is 0 Å². The smallest absolute Gasteiger partial charge is 0.354 e. The molecule has 0 aliphatic rings. The maximum atomic E-state index is 13.7. The molecule has 3 aromatic rings. The van der Waals surface area contributed by atoms with Crippen molar-refractivity contribution in [1.82, 2.24) is 25.1 Å². The fourth-order valence-electron chi connectivity index (χ4n) is 2.86. The predicted octanol–water partition coefficient (Wildman–Crippen LogP) is 3.51. The Bertz CT molecular complexity index is 1250. The molecule has 34 heavy (non-hydrogen) atoms. The van der Waals surface area contributed by atoms with Gasteiger partial charge in [0.1, 0.15) is 17.2 Å². The Balaban J connectivity index is 2.00. The van der Waals surface area contributed by atoms with Gasteiger partial charge in [-0.2, -0.15) is 23.3 Å². The van der Waals surface area contributed by atoms with Crippen LogP contribution in [0.4, 0.5) is 42.1 Å². The standard InChI is InChI=1S/C21H21F3N8O2/c1-5-17(33)27-14-8-11(2)6-7-13(14)28-18-12(21(22,23)24)10-26-20(30-18)29-16-9-15(19(34)25-3)31-32(16)4/h5-10H,1H2,2-4H3,(H,25,34)(H,27,33)(H2,26,28,29,30). The van der Waals surface area contributed by atoms with Gasteiger partial charge in [0.2, 0.25) is 11.9 Å². The van der Waals surface area contributed by atoms with Crippen molar-refractivity contribution in [3.05, 3.63) is 59.9 Å². The molecular formula is C21H21F3N8O2. The van der Waals surface area contributed by atoms with Crippen LogP contribution in [0.5, 0.6) is 0 Å². The van der Waals surface area contributed by atoms with Gasteiger partial charge in [0.05, 0.1) is 11.4 Å². The van der Waals surface area contributed by atoms with Gasteiger partial charge in [-0.15, -0.1) is 0 Å². The fourth-order valence-corrected chi connectivity index (χ4v) is 2.86. The number of anilines is 5. The largest absolute Gasteiger partial charge is 0.421 e. The molecule has 0 saturated carbocycles. The number of hydrogen-bond donors (Lipinski definition) is 4. The Hall–Kier alpha value is -4.42. The summed E-state index contributed by atoms with van der Waals surface area (Å²) in [5, 5.41) is 14.4. The molecular weight excluding hydrogens is 453 g/mol. The number of hydrogen-bond acceptors (Lipinski definition) is 7. The highest BCUT2D eigenvalue weighted by Crippen LogP contribution is 2.36. The summed E-state index contributed by atoms with van der Waals surface area (Å²) in [4.78, 5) is 31.3. The van der Waals surface area contributed by atoms with Crippen LogP contribution in [0.1, 0.15) is 21.6 Å². The van der Waals surface area contributed by atoms with Gasteiger partial charge >= 0.3 is 6.18 Å². The first-order valence-electron chi connectivity index (χ1n) is 9.80. The number of rotatable bonds is 7. The van der Waals surface area contributed by atoms with E-state index in [1.165, 1.54) is 23.9 Å². The van der Waals surface area contributed by atoms with Crippen LogP contribution in [-0.2, 0) is 18.0 Å². The van der Waals surface area contributed by atoms with Gasteiger partial charge in [-0.1, -0.05) is 12.6 Å². The van der Waals surface area contributed by atoms with E-state index in [0.717, 1.165) is 11.6 Å². The van der Waals surface area contributed by atoms with Crippen molar-refractivity contribution in [2.45, 2.75) is 13.1 Å². The Morgan fingerprint density at radius 2 is 1.88 bits per heavy atom. The molecule has 0 radical (unpaired) electrons. The van der Waals surface area contributed by atoms with E-state index >= 15 is 0 Å². The molecule has 2 aromatic heterocycles. The number of amides is 2. The van der Waals surface area contributed by atoms with E-state index in [1.54, 1.807) is 26.1 Å². The van der Waals surface area contributed by atoms with Crippen molar-refractivity contribution in [2.75, 3.05) is 23.0 Å². The lowest BCUT2D eigenvalue weighted by molar-refractivity contribution is -0.137. The second kappa shape index (κ2) is 9.60. The molecule has 1 aromatic carbocycles. The minimum absolute atomic E-state index is 0.0972. The molecule has 178 valence electrons. The predicted molar refractivity (Wildman–Crippen MR) is 120 cm³/mol. The Morgan fingerprint density at radius 1 is 1.15 bits per heavy atom. The summed E-state index contributed by atoms with van der Waals surface area (Å²) in [6.07, 6.45) is -3.08. The van der Waals surface area contributed by atoms with Gasteiger partial charge in [-0.25, -0.2) is 4.98 Å². The first-order chi connectivity index (χ1) is 16.0. The van der Waals surface area contributed by atoms with Crippen LogP contribution < -0.4 is 21.3 Å². The summed E-state index contributed by atoms with van der Waals surface area (Å²) in [6, 6.07) is 6.17. The van der Waals surface area contributed by atoms with Crippen LogP contribution in [0, 0.1) is 6.92 Å². The van der Waals surface area contributed by atoms with E-state index in [-0.39, 0.29) is 28.8 Å². The van der Waals surface area contributed by atoms with Crippen molar-refractivity contribution in [3.8, 4) is 0 Å². The second-order valence-corrected chi connectivity index (χ2v) is 7.06. The van der Waals surface area contributed by atoms with Gasteiger partial charge < -0.3 is 21.3 Å². The molecule has 3 rings (SSSR count). The number of alkyl halides is 3. The van der Waals surface area contributed by atoms with E-state index in [2.05, 4.69) is 42.9 Å². The third-order valence-corrected chi connectivity index (χ3v) is 4.54. The molecule has 0 atom stereocenters. The normalized spacial score (nSPS) is 11.0. The summed E-state index contributed by atoms with van der Waals surface area (Å²) >= 11 is 0. The van der Waals surface area contributed by atoms with Crippen LogP contribution in [0.2, 0.25) is 0 Å². The van der Waals surface area contributed by atoms with Gasteiger partial charge in [0, 0.05) is 26.4 Å². The van der Waals surface area contributed by atoms with E-state index < -0.39 is 29.4 Å². The fraction of sp³-hybridized carbons (Fsp3) is 0.190. The summed E-state index contributed by atoms with van der Waals surface area (Å²) in [5.41, 5.74) is 0.177. The highest BCUT2D eigenvalue weighted by atomic mass is 19.4. The Labute approximate surface area is 192 Å². The van der Waals surface area contributed by atoms with Crippen molar-refractivity contribution in [3.63, 3.8) is 0 Å². The Kier molecular flexibility index (Phi) is 6.84. The molecule has 0 saturated heterocycles. The highest BCUT2D eigenvalue weighted by molar-refractivity contribution is 6.01. The number of aromatic nitrogens is 4. The van der Waals surface area contributed by atoms with Crippen molar-refractivity contribution in [1.29, 1.82) is 0 Å². The maximum absolute atomic E-state index is 13.7. The van der Waals surface area contributed by atoms with E-state index in [0.29, 0.717) is 6.20 Å². The van der Waals surface area contributed by atoms with Crippen LogP contribution in [0.3, 0.4) is 0 Å². The molecule has 0 fully saturated rings. The topological polar surface area (TPSA) is 126 Å². The number of nitrogens with zero attached hydrogens (tertiary/aromatic N) is 4.